The first-order chi connectivity index (χ1) is 5.52. The number of hydrogen-bond acceptors (Lipinski definition) is 2. The second-order valence-electron chi connectivity index (χ2n) is 2.94. The van der Waals surface area contributed by atoms with Crippen LogP contribution in [0.5, 0.6) is 0 Å². The lowest BCUT2D eigenvalue weighted by atomic mass is 10.1. The Morgan fingerprint density at radius 2 is 1.92 bits per heavy atom. The van der Waals surface area contributed by atoms with Crippen molar-refractivity contribution in [3.8, 4) is 0 Å². The Morgan fingerprint density at radius 3 is 2.25 bits per heavy atom. The van der Waals surface area contributed by atoms with Gasteiger partial charge in [-0.05, 0) is 12.8 Å². The van der Waals surface area contributed by atoms with E-state index in [1.807, 2.05) is 13.8 Å². The first-order valence-corrected chi connectivity index (χ1v) is 4.59. The molecule has 0 saturated carbocycles. The molecule has 68 valence electrons. The van der Waals surface area contributed by atoms with Crippen LogP contribution in [0.25, 0.3) is 0 Å². The van der Waals surface area contributed by atoms with E-state index in [0.29, 0.717) is 9.88 Å². The van der Waals surface area contributed by atoms with Crippen LogP contribution in [0.15, 0.2) is 0 Å². The highest BCUT2D eigenvalue weighted by atomic mass is 32.1. The molecule has 0 bridgehead atoms. The summed E-state index contributed by atoms with van der Waals surface area (Å²) in [6.45, 7) is 5.56. The fraction of sp³-hybridized carbons (Fsp3) is 0.625. The predicted molar refractivity (Wildman–Crippen MR) is 45.9 cm³/mol. The molecular formula is C8H11F2NS. The van der Waals surface area contributed by atoms with Gasteiger partial charge in [0.05, 0.1) is 5.01 Å². The average Bonchev–Trinajstić information content (AvgIpc) is 2.31. The summed E-state index contributed by atoms with van der Waals surface area (Å²) in [5.74, 6) is 0.139. The summed E-state index contributed by atoms with van der Waals surface area (Å²) in [5.41, 5.74) is -0.0347. The minimum atomic E-state index is -2.44. The number of aryl methyl sites for hydroxylation is 1. The van der Waals surface area contributed by atoms with Gasteiger partial charge in [0.25, 0.3) is 6.43 Å². The Morgan fingerprint density at radius 1 is 1.33 bits per heavy atom. The summed E-state index contributed by atoms with van der Waals surface area (Å²) in [7, 11) is 0. The van der Waals surface area contributed by atoms with Crippen LogP contribution in [-0.4, -0.2) is 4.98 Å². The maximum Gasteiger partial charge on any atom is 0.281 e. The van der Waals surface area contributed by atoms with Crippen molar-refractivity contribution in [2.75, 3.05) is 0 Å². The van der Waals surface area contributed by atoms with Gasteiger partial charge < -0.3 is 0 Å². The summed E-state index contributed by atoms with van der Waals surface area (Å²) >= 11 is 1.36. The lowest BCUT2D eigenvalue weighted by Gasteiger charge is -2.02. The average molecular weight is 191 g/mol. The van der Waals surface area contributed by atoms with E-state index in [1.165, 1.54) is 11.3 Å². The Kier molecular flexibility index (Phi) is 2.77. The van der Waals surface area contributed by atoms with Crippen molar-refractivity contribution in [1.82, 2.24) is 4.98 Å². The van der Waals surface area contributed by atoms with Crippen LogP contribution in [0, 0.1) is 6.92 Å². The van der Waals surface area contributed by atoms with E-state index in [0.717, 1.165) is 0 Å². The largest absolute Gasteiger partial charge is 0.281 e. The van der Waals surface area contributed by atoms with Crippen molar-refractivity contribution in [3.63, 3.8) is 0 Å². The molecule has 0 amide bonds. The number of alkyl halides is 2. The second-order valence-corrected chi connectivity index (χ2v) is 4.17. The van der Waals surface area contributed by atoms with Crippen molar-refractivity contribution in [3.05, 3.63) is 15.6 Å². The molecule has 0 aliphatic carbocycles. The minimum absolute atomic E-state index is 0.0347. The second kappa shape index (κ2) is 3.47. The van der Waals surface area contributed by atoms with Crippen LogP contribution in [0.3, 0.4) is 0 Å². The van der Waals surface area contributed by atoms with Crippen molar-refractivity contribution in [1.29, 1.82) is 0 Å². The Balaban J connectivity index is 3.08. The number of rotatable bonds is 2. The van der Waals surface area contributed by atoms with Crippen molar-refractivity contribution < 1.29 is 8.78 Å². The zero-order valence-electron chi connectivity index (χ0n) is 7.27. The molecule has 0 unspecified atom stereocenters. The monoisotopic (exact) mass is 191 g/mol. The zero-order valence-corrected chi connectivity index (χ0v) is 8.08. The molecule has 0 spiro atoms. The van der Waals surface area contributed by atoms with Crippen LogP contribution < -0.4 is 0 Å². The highest BCUT2D eigenvalue weighted by molar-refractivity contribution is 7.11. The Labute approximate surface area is 74.4 Å². The summed E-state index contributed by atoms with van der Waals surface area (Å²) in [6.07, 6.45) is -2.44. The quantitative estimate of drug-likeness (QED) is 0.697. The molecule has 1 rings (SSSR count). The van der Waals surface area contributed by atoms with Gasteiger partial charge >= 0.3 is 0 Å². The smallest absolute Gasteiger partial charge is 0.240 e. The molecule has 0 aromatic carbocycles. The third kappa shape index (κ3) is 1.80. The summed E-state index contributed by atoms with van der Waals surface area (Å²) < 4.78 is 24.7. The van der Waals surface area contributed by atoms with Crippen LogP contribution in [-0.2, 0) is 0 Å². The summed E-state index contributed by atoms with van der Waals surface area (Å²) in [6, 6.07) is 0. The van der Waals surface area contributed by atoms with Gasteiger partial charge in [0.15, 0.2) is 0 Å². The number of nitrogens with zero attached hydrogens (tertiary/aromatic N) is 1. The lowest BCUT2D eigenvalue weighted by Crippen LogP contribution is -1.92. The van der Waals surface area contributed by atoms with Crippen molar-refractivity contribution in [2.24, 2.45) is 0 Å². The van der Waals surface area contributed by atoms with Gasteiger partial charge in [-0.25, -0.2) is 13.8 Å². The molecule has 1 aromatic rings. The van der Waals surface area contributed by atoms with Gasteiger partial charge in [-0.3, -0.25) is 0 Å². The molecule has 0 aliphatic rings. The molecule has 0 radical (unpaired) electrons. The Bertz CT molecular complexity index is 243. The highest BCUT2D eigenvalue weighted by Gasteiger charge is 2.19. The van der Waals surface area contributed by atoms with E-state index in [2.05, 4.69) is 4.98 Å². The molecule has 12 heavy (non-hydrogen) atoms. The fourth-order valence-corrected chi connectivity index (χ4v) is 1.97. The molecule has 0 atom stereocenters. The molecule has 0 aliphatic heterocycles. The van der Waals surface area contributed by atoms with E-state index in [4.69, 9.17) is 0 Å². The summed E-state index contributed by atoms with van der Waals surface area (Å²) in [5, 5.41) is 0.717. The summed E-state index contributed by atoms with van der Waals surface area (Å²) in [4.78, 5) is 4.51. The van der Waals surface area contributed by atoms with E-state index in [-0.39, 0.29) is 11.6 Å². The SMILES string of the molecule is Cc1nc(C(F)F)c(C(C)C)s1. The van der Waals surface area contributed by atoms with E-state index in [9.17, 15) is 8.78 Å². The van der Waals surface area contributed by atoms with Crippen LogP contribution in [0.1, 0.15) is 41.8 Å². The first kappa shape index (κ1) is 9.58. The van der Waals surface area contributed by atoms with Gasteiger partial charge in [-0.15, -0.1) is 11.3 Å². The molecule has 1 nitrogen and oxygen atoms in total. The minimum Gasteiger partial charge on any atom is -0.240 e. The maximum atomic E-state index is 12.3. The molecule has 1 heterocycles. The van der Waals surface area contributed by atoms with Crippen LogP contribution >= 0.6 is 11.3 Å². The molecule has 0 N–H and O–H groups in total. The van der Waals surface area contributed by atoms with Crippen LogP contribution in [0.4, 0.5) is 8.78 Å². The lowest BCUT2D eigenvalue weighted by molar-refractivity contribution is 0.145. The van der Waals surface area contributed by atoms with Gasteiger partial charge in [0.2, 0.25) is 0 Å². The fourth-order valence-electron chi connectivity index (χ4n) is 1.03. The topological polar surface area (TPSA) is 12.9 Å². The highest BCUT2D eigenvalue weighted by Crippen LogP contribution is 2.32. The number of aromatic nitrogens is 1. The van der Waals surface area contributed by atoms with E-state index >= 15 is 0 Å². The van der Waals surface area contributed by atoms with E-state index < -0.39 is 6.43 Å². The number of thiazole rings is 1. The third-order valence-corrected chi connectivity index (χ3v) is 2.81. The van der Waals surface area contributed by atoms with Gasteiger partial charge in [-0.1, -0.05) is 13.8 Å². The molecule has 0 fully saturated rings. The van der Waals surface area contributed by atoms with Gasteiger partial charge in [0.1, 0.15) is 5.69 Å². The maximum absolute atomic E-state index is 12.3. The van der Waals surface area contributed by atoms with E-state index in [1.54, 1.807) is 6.92 Å². The third-order valence-electron chi connectivity index (χ3n) is 1.52. The number of halogens is 2. The van der Waals surface area contributed by atoms with Gasteiger partial charge in [0, 0.05) is 4.88 Å². The van der Waals surface area contributed by atoms with Gasteiger partial charge in [-0.2, -0.15) is 0 Å². The molecular weight excluding hydrogens is 180 g/mol. The normalized spacial score (nSPS) is 11.6. The van der Waals surface area contributed by atoms with Crippen LogP contribution in [0.2, 0.25) is 0 Å². The molecule has 0 saturated heterocycles. The molecule has 1 aromatic heterocycles. The molecule has 4 heteroatoms. The first-order valence-electron chi connectivity index (χ1n) is 3.77. The van der Waals surface area contributed by atoms with Crippen molar-refractivity contribution >= 4 is 11.3 Å². The standard InChI is InChI=1S/C8H11F2NS/c1-4(2)7-6(8(9)10)11-5(3)12-7/h4,8H,1-3H3. The van der Waals surface area contributed by atoms with Crippen molar-refractivity contribution in [2.45, 2.75) is 33.1 Å². The zero-order chi connectivity index (χ0) is 9.30. The number of hydrogen-bond donors (Lipinski definition) is 0. The predicted octanol–water partition coefficient (Wildman–Crippen LogP) is 3.51. The Hall–Kier alpha value is -0.510.